The number of ether oxygens (including phenoxy) is 1. The first-order valence-corrected chi connectivity index (χ1v) is 14.0. The van der Waals surface area contributed by atoms with Crippen molar-refractivity contribution in [1.29, 1.82) is 0 Å². The summed E-state index contributed by atoms with van der Waals surface area (Å²) >= 11 is 8.63. The molecule has 0 radical (unpaired) electrons. The highest BCUT2D eigenvalue weighted by Crippen LogP contribution is 2.71. The minimum Gasteiger partial charge on any atom is -0.445 e. The Morgan fingerprint density at radius 3 is 2.58 bits per heavy atom. The highest BCUT2D eigenvalue weighted by Gasteiger charge is 2.78. The minimum absolute atomic E-state index is 0.0351. The average molecular weight is 602 g/mol. The third-order valence-corrected chi connectivity index (χ3v) is 11.7. The van der Waals surface area contributed by atoms with E-state index in [2.05, 4.69) is 28.6 Å². The molecule has 1 N–H and O–H groups in total. The van der Waals surface area contributed by atoms with Crippen LogP contribution in [0.15, 0.2) is 39.7 Å². The molecule has 9 atom stereocenters. The molecule has 0 unspecified atom stereocenters. The van der Waals surface area contributed by atoms with E-state index in [0.717, 1.165) is 17.4 Å². The molecule has 0 bridgehead atoms. The fourth-order valence-corrected chi connectivity index (χ4v) is 9.80. The number of carbonyl (C=O) groups is 3. The van der Waals surface area contributed by atoms with Crippen molar-refractivity contribution in [2.45, 2.75) is 63.6 Å². The van der Waals surface area contributed by atoms with Gasteiger partial charge in [-0.15, -0.1) is 24.0 Å². The quantitative estimate of drug-likeness (QED) is 0.357. The lowest BCUT2D eigenvalue weighted by Gasteiger charge is -2.63. The Balaban J connectivity index is 1.62. The fraction of sp³-hybridized carbons (Fsp3) is 0.577. The maximum atomic E-state index is 17.3. The predicted molar refractivity (Wildman–Crippen MR) is 137 cm³/mol. The maximum Gasteiger partial charge on any atom is 0.350 e. The molecule has 3 fully saturated rings. The molecular weight excluding hydrogens is 574 g/mol. The molecule has 10 heteroatoms. The number of ketones is 1. The molecule has 5 nitrogen and oxygen atoms in total. The Bertz CT molecular complexity index is 1230. The highest BCUT2D eigenvalue weighted by molar-refractivity contribution is 9.10. The summed E-state index contributed by atoms with van der Waals surface area (Å²) in [6.45, 7) is 4.99. The van der Waals surface area contributed by atoms with Crippen molar-refractivity contribution in [3.63, 3.8) is 0 Å². The Labute approximate surface area is 225 Å². The van der Waals surface area contributed by atoms with Crippen molar-refractivity contribution in [1.82, 2.24) is 0 Å². The van der Waals surface area contributed by atoms with Crippen LogP contribution in [0.5, 0.6) is 0 Å². The second-order valence-electron chi connectivity index (χ2n) is 11.0. The maximum absolute atomic E-state index is 17.3. The number of aliphatic hydroxyl groups excluding tert-OH is 1. The molecule has 0 spiro atoms. The molecule has 1 aromatic heterocycles. The number of carbonyl (C=O) groups excluding carboxylic acids is 3. The SMILES string of the molecule is C[C@@H]1C[C@H]2[C@@H]3C[C@H](F)C4=CC(=O)C=C[C@]4(C)[C@@]3(F)[C@@H](O)C[C@]2(C)[C@@]1(OC(=O)c1sccc1Br)C(=O)S. The highest BCUT2D eigenvalue weighted by atomic mass is 79.9. The van der Waals surface area contributed by atoms with E-state index in [1.165, 1.54) is 19.1 Å². The molecule has 1 heterocycles. The van der Waals surface area contributed by atoms with Crippen LogP contribution in [-0.2, 0) is 14.3 Å². The van der Waals surface area contributed by atoms with Gasteiger partial charge in [0.05, 0.1) is 6.10 Å². The van der Waals surface area contributed by atoms with E-state index < -0.39 is 69.0 Å². The van der Waals surface area contributed by atoms with Crippen LogP contribution in [0.4, 0.5) is 8.78 Å². The largest absolute Gasteiger partial charge is 0.445 e. The molecule has 0 amide bonds. The van der Waals surface area contributed by atoms with Crippen LogP contribution >= 0.6 is 39.9 Å². The van der Waals surface area contributed by atoms with E-state index in [1.807, 2.05) is 0 Å². The van der Waals surface area contributed by atoms with Crippen LogP contribution < -0.4 is 0 Å². The van der Waals surface area contributed by atoms with Gasteiger partial charge < -0.3 is 9.84 Å². The Morgan fingerprint density at radius 1 is 1.28 bits per heavy atom. The van der Waals surface area contributed by atoms with E-state index in [4.69, 9.17) is 4.74 Å². The zero-order valence-electron chi connectivity index (χ0n) is 20.0. The molecule has 194 valence electrons. The number of thiophene rings is 1. The topological polar surface area (TPSA) is 80.7 Å². The van der Waals surface area contributed by atoms with Crippen molar-refractivity contribution < 1.29 is 33.0 Å². The normalized spacial score (nSPS) is 45.4. The van der Waals surface area contributed by atoms with Gasteiger partial charge in [-0.05, 0) is 77.2 Å². The molecule has 0 saturated heterocycles. The van der Waals surface area contributed by atoms with E-state index in [-0.39, 0.29) is 29.7 Å². The summed E-state index contributed by atoms with van der Waals surface area (Å²) in [5.41, 5.74) is -6.71. The van der Waals surface area contributed by atoms with E-state index in [0.29, 0.717) is 4.47 Å². The number of aliphatic hydroxyl groups is 1. The predicted octanol–water partition coefficient (Wildman–Crippen LogP) is 5.43. The van der Waals surface area contributed by atoms with Crippen molar-refractivity contribution >= 4 is 56.8 Å². The van der Waals surface area contributed by atoms with Crippen LogP contribution in [0.3, 0.4) is 0 Å². The number of fused-ring (bicyclic) bond motifs is 5. The van der Waals surface area contributed by atoms with Crippen molar-refractivity contribution in [2.24, 2.45) is 28.6 Å². The number of hydrogen-bond donors (Lipinski definition) is 2. The standard InChI is InChI=1S/C26H27BrF2O5S2/c1-12-8-14-15-10-18(28)16-9-13(30)4-6-23(16,2)25(15,29)19(31)11-24(14,3)26(12,22(33)35)34-21(32)20-17(27)5-7-36-20/h4-7,9,12,14-15,18-19,31H,8,10-11H2,1-3H3,(H,33,35)/t12-,14+,15+,18+,19+,23+,24+,25+,26+/m1/s1. The van der Waals surface area contributed by atoms with Gasteiger partial charge in [0.1, 0.15) is 11.0 Å². The van der Waals surface area contributed by atoms with E-state index in [1.54, 1.807) is 25.3 Å². The first-order valence-electron chi connectivity index (χ1n) is 11.9. The lowest BCUT2D eigenvalue weighted by Crippen LogP contribution is -2.70. The number of esters is 1. The third-order valence-electron chi connectivity index (χ3n) is 9.54. The van der Waals surface area contributed by atoms with E-state index in [9.17, 15) is 19.5 Å². The van der Waals surface area contributed by atoms with Gasteiger partial charge in [0.2, 0.25) is 5.12 Å². The van der Waals surface area contributed by atoms with Crippen LogP contribution in [0, 0.1) is 28.6 Å². The summed E-state index contributed by atoms with van der Waals surface area (Å²) in [4.78, 5) is 38.7. The zero-order valence-corrected chi connectivity index (χ0v) is 23.3. The summed E-state index contributed by atoms with van der Waals surface area (Å²) in [5.74, 6) is -3.24. The van der Waals surface area contributed by atoms with Gasteiger partial charge in [-0.2, -0.15) is 0 Å². The molecule has 4 aliphatic rings. The van der Waals surface area contributed by atoms with Gasteiger partial charge in [-0.3, -0.25) is 9.59 Å². The van der Waals surface area contributed by atoms with Crippen molar-refractivity contribution in [3.8, 4) is 0 Å². The zero-order chi connectivity index (χ0) is 26.4. The summed E-state index contributed by atoms with van der Waals surface area (Å²) in [5, 5.41) is 12.5. The van der Waals surface area contributed by atoms with E-state index >= 15 is 8.78 Å². The molecule has 1 aromatic rings. The summed E-state index contributed by atoms with van der Waals surface area (Å²) in [6.07, 6.45) is 0.392. The lowest BCUT2D eigenvalue weighted by atomic mass is 9.44. The number of allylic oxidation sites excluding steroid dienone is 4. The minimum atomic E-state index is -2.28. The van der Waals surface area contributed by atoms with Crippen molar-refractivity contribution in [3.05, 3.63) is 44.6 Å². The Kier molecular flexibility index (Phi) is 6.07. The van der Waals surface area contributed by atoms with Gasteiger partial charge in [-0.1, -0.05) is 19.9 Å². The number of alkyl halides is 2. The number of thiol groups is 1. The first-order chi connectivity index (χ1) is 16.7. The Hall–Kier alpha value is -1.36. The molecule has 3 saturated carbocycles. The molecular formula is C26H27BrF2O5S2. The molecule has 36 heavy (non-hydrogen) atoms. The van der Waals surface area contributed by atoms with Crippen LogP contribution in [-0.4, -0.2) is 45.5 Å². The summed E-state index contributed by atoms with van der Waals surface area (Å²) in [7, 11) is 0. The van der Waals surface area contributed by atoms with Crippen molar-refractivity contribution in [2.75, 3.05) is 0 Å². The van der Waals surface area contributed by atoms with Crippen LogP contribution in [0.25, 0.3) is 0 Å². The third kappa shape index (κ3) is 3.10. The number of rotatable bonds is 3. The first kappa shape index (κ1) is 26.3. The van der Waals surface area contributed by atoms with Crippen LogP contribution in [0.2, 0.25) is 0 Å². The summed E-state index contributed by atoms with van der Waals surface area (Å²) < 4.78 is 39.5. The van der Waals surface area contributed by atoms with Gasteiger partial charge in [0.15, 0.2) is 17.1 Å². The van der Waals surface area contributed by atoms with Gasteiger partial charge in [0.25, 0.3) is 0 Å². The molecule has 0 aromatic carbocycles. The van der Waals surface area contributed by atoms with Gasteiger partial charge >= 0.3 is 5.97 Å². The molecule has 4 aliphatic carbocycles. The monoisotopic (exact) mass is 600 g/mol. The molecule has 0 aliphatic heterocycles. The Morgan fingerprint density at radius 2 is 1.97 bits per heavy atom. The fourth-order valence-electron chi connectivity index (χ4n) is 7.87. The molecule has 5 rings (SSSR count). The number of hydrogen-bond acceptors (Lipinski definition) is 6. The summed E-state index contributed by atoms with van der Waals surface area (Å²) in [6, 6.07) is 1.69. The van der Waals surface area contributed by atoms with Gasteiger partial charge in [-0.25, -0.2) is 13.6 Å². The smallest absolute Gasteiger partial charge is 0.350 e. The second-order valence-corrected chi connectivity index (χ2v) is 13.2. The second kappa shape index (κ2) is 8.32. The average Bonchev–Trinajstić information content (AvgIpc) is 3.32. The van der Waals surface area contributed by atoms with Gasteiger partial charge in [0, 0.05) is 27.1 Å². The lowest BCUT2D eigenvalue weighted by molar-refractivity contribution is -0.221. The van der Waals surface area contributed by atoms with Crippen LogP contribution in [0.1, 0.15) is 49.7 Å². The number of halogens is 3.